The van der Waals surface area contributed by atoms with Crippen molar-refractivity contribution in [3.05, 3.63) is 114 Å². The lowest BCUT2D eigenvalue weighted by Crippen LogP contribution is -2.26. The first-order valence-electron chi connectivity index (χ1n) is 12.2. The van der Waals surface area contributed by atoms with Crippen molar-refractivity contribution in [1.29, 1.82) is 0 Å². The third-order valence-electron chi connectivity index (χ3n) is 6.28. The Kier molecular flexibility index (Phi) is 7.57. The maximum Gasteiger partial charge on any atom is 0.273 e. The fourth-order valence-corrected chi connectivity index (χ4v) is 4.27. The second-order valence-electron chi connectivity index (χ2n) is 8.83. The summed E-state index contributed by atoms with van der Waals surface area (Å²) in [5.74, 6) is 1.05. The topological polar surface area (TPSA) is 96.3 Å². The van der Waals surface area contributed by atoms with Crippen LogP contribution < -0.4 is 10.1 Å². The van der Waals surface area contributed by atoms with Crippen molar-refractivity contribution in [1.82, 2.24) is 25.2 Å². The molecule has 188 valence electrons. The van der Waals surface area contributed by atoms with Gasteiger partial charge >= 0.3 is 0 Å². The number of hydrogen-bond donors (Lipinski definition) is 2. The fourth-order valence-electron chi connectivity index (χ4n) is 4.27. The number of benzene rings is 2. The summed E-state index contributed by atoms with van der Waals surface area (Å²) in [6.07, 6.45) is 7.75. The SMILES string of the molecule is COc1ccc(CN(CCc2c[nH]c3ccccc23)Cc2nc(C(=O)NCc3ccncc3)co2)cc1. The van der Waals surface area contributed by atoms with Crippen LogP contribution in [-0.4, -0.2) is 39.4 Å². The van der Waals surface area contributed by atoms with Gasteiger partial charge in [-0.3, -0.25) is 14.7 Å². The third-order valence-corrected chi connectivity index (χ3v) is 6.28. The van der Waals surface area contributed by atoms with Gasteiger partial charge in [-0.25, -0.2) is 4.98 Å². The van der Waals surface area contributed by atoms with Crippen LogP contribution in [0.5, 0.6) is 5.75 Å². The molecule has 0 saturated carbocycles. The van der Waals surface area contributed by atoms with Crippen molar-refractivity contribution >= 4 is 16.8 Å². The smallest absolute Gasteiger partial charge is 0.273 e. The molecule has 0 aliphatic carbocycles. The highest BCUT2D eigenvalue weighted by atomic mass is 16.5. The molecule has 0 aliphatic heterocycles. The minimum absolute atomic E-state index is 0.269. The van der Waals surface area contributed by atoms with E-state index in [0.29, 0.717) is 25.5 Å². The number of ether oxygens (including phenoxy) is 1. The molecule has 8 heteroatoms. The van der Waals surface area contributed by atoms with E-state index in [0.717, 1.165) is 35.4 Å². The molecule has 0 fully saturated rings. The second-order valence-corrected chi connectivity index (χ2v) is 8.83. The summed E-state index contributed by atoms with van der Waals surface area (Å²) in [7, 11) is 1.66. The summed E-state index contributed by atoms with van der Waals surface area (Å²) in [6.45, 7) is 2.38. The minimum atomic E-state index is -0.271. The molecule has 0 bridgehead atoms. The van der Waals surface area contributed by atoms with E-state index in [2.05, 4.69) is 61.7 Å². The van der Waals surface area contributed by atoms with Crippen molar-refractivity contribution in [2.24, 2.45) is 0 Å². The molecule has 1 amide bonds. The number of carbonyl (C=O) groups is 1. The van der Waals surface area contributed by atoms with E-state index in [1.165, 1.54) is 17.2 Å². The van der Waals surface area contributed by atoms with E-state index in [4.69, 9.17) is 9.15 Å². The van der Waals surface area contributed by atoms with Gasteiger partial charge in [-0.1, -0.05) is 30.3 Å². The van der Waals surface area contributed by atoms with Crippen LogP contribution in [0.25, 0.3) is 10.9 Å². The van der Waals surface area contributed by atoms with Crippen LogP contribution >= 0.6 is 0 Å². The molecule has 5 rings (SSSR count). The van der Waals surface area contributed by atoms with Crippen molar-refractivity contribution in [2.75, 3.05) is 13.7 Å². The Balaban J connectivity index is 1.27. The van der Waals surface area contributed by atoms with Crippen LogP contribution in [-0.2, 0) is 26.1 Å². The molecule has 5 aromatic rings. The molecule has 0 unspecified atom stereocenters. The van der Waals surface area contributed by atoms with E-state index >= 15 is 0 Å². The maximum absolute atomic E-state index is 12.6. The van der Waals surface area contributed by atoms with Gasteiger partial charge in [0.1, 0.15) is 12.0 Å². The summed E-state index contributed by atoms with van der Waals surface area (Å²) in [6, 6.07) is 20.1. The first-order valence-corrected chi connectivity index (χ1v) is 12.2. The number of pyridine rings is 1. The molecular weight excluding hydrogens is 466 g/mol. The van der Waals surface area contributed by atoms with Crippen LogP contribution in [0.15, 0.2) is 89.9 Å². The van der Waals surface area contributed by atoms with Gasteiger partial charge < -0.3 is 19.5 Å². The molecule has 0 radical (unpaired) electrons. The predicted molar refractivity (Wildman–Crippen MR) is 141 cm³/mol. The zero-order valence-electron chi connectivity index (χ0n) is 20.7. The Morgan fingerprint density at radius 1 is 1.03 bits per heavy atom. The maximum atomic E-state index is 12.6. The van der Waals surface area contributed by atoms with Gasteiger partial charge in [0.05, 0.1) is 13.7 Å². The van der Waals surface area contributed by atoms with Gasteiger partial charge in [-0.2, -0.15) is 0 Å². The number of nitrogens with one attached hydrogen (secondary N) is 2. The Bertz CT molecular complexity index is 1440. The van der Waals surface area contributed by atoms with Crippen molar-refractivity contribution in [3.63, 3.8) is 0 Å². The van der Waals surface area contributed by atoms with Crippen LogP contribution in [0.1, 0.15) is 33.1 Å². The Morgan fingerprint density at radius 2 is 1.84 bits per heavy atom. The Labute approximate surface area is 215 Å². The molecule has 3 aromatic heterocycles. The molecule has 0 spiro atoms. The minimum Gasteiger partial charge on any atom is -0.497 e. The number of carbonyl (C=O) groups excluding carboxylic acids is 1. The monoisotopic (exact) mass is 495 g/mol. The summed E-state index contributed by atoms with van der Waals surface area (Å²) in [5.41, 5.74) is 4.79. The van der Waals surface area contributed by atoms with Gasteiger partial charge in [0.15, 0.2) is 5.69 Å². The van der Waals surface area contributed by atoms with Gasteiger partial charge in [-0.15, -0.1) is 0 Å². The number of hydrogen-bond acceptors (Lipinski definition) is 6. The number of methoxy groups -OCH3 is 1. The zero-order valence-corrected chi connectivity index (χ0v) is 20.7. The van der Waals surface area contributed by atoms with E-state index in [1.807, 2.05) is 30.3 Å². The molecular formula is C29H29N5O3. The molecule has 0 atom stereocenters. The number of nitrogens with zero attached hydrogens (tertiary/aromatic N) is 3. The Hall–Kier alpha value is -4.43. The number of aromatic amines is 1. The van der Waals surface area contributed by atoms with Gasteiger partial charge in [0.25, 0.3) is 5.91 Å². The van der Waals surface area contributed by atoms with Crippen molar-refractivity contribution < 1.29 is 13.9 Å². The molecule has 8 nitrogen and oxygen atoms in total. The molecule has 3 heterocycles. The van der Waals surface area contributed by atoms with E-state index in [9.17, 15) is 4.79 Å². The number of fused-ring (bicyclic) bond motifs is 1. The number of H-pyrrole nitrogens is 1. The first kappa shape index (κ1) is 24.3. The van der Waals surface area contributed by atoms with E-state index in [1.54, 1.807) is 19.5 Å². The number of oxazole rings is 1. The fraction of sp³-hybridized carbons (Fsp3) is 0.207. The number of aromatic nitrogens is 3. The van der Waals surface area contributed by atoms with Crippen LogP contribution in [0.2, 0.25) is 0 Å². The van der Waals surface area contributed by atoms with E-state index in [-0.39, 0.29) is 11.6 Å². The van der Waals surface area contributed by atoms with Crippen molar-refractivity contribution in [3.8, 4) is 5.75 Å². The van der Waals surface area contributed by atoms with E-state index < -0.39 is 0 Å². The summed E-state index contributed by atoms with van der Waals surface area (Å²) >= 11 is 0. The average molecular weight is 496 g/mol. The molecule has 0 saturated heterocycles. The highest BCUT2D eigenvalue weighted by Gasteiger charge is 2.16. The van der Waals surface area contributed by atoms with Gasteiger partial charge in [-0.05, 0) is 53.4 Å². The van der Waals surface area contributed by atoms with Crippen molar-refractivity contribution in [2.45, 2.75) is 26.1 Å². The molecule has 37 heavy (non-hydrogen) atoms. The summed E-state index contributed by atoms with van der Waals surface area (Å²) < 4.78 is 11.0. The normalized spacial score (nSPS) is 11.2. The number of para-hydroxylation sites is 1. The molecule has 2 N–H and O–H groups in total. The second kappa shape index (κ2) is 11.5. The molecule has 2 aromatic carbocycles. The van der Waals surface area contributed by atoms with Gasteiger partial charge in [0.2, 0.25) is 5.89 Å². The van der Waals surface area contributed by atoms with Crippen LogP contribution in [0.3, 0.4) is 0 Å². The lowest BCUT2D eigenvalue weighted by Gasteiger charge is -2.21. The average Bonchev–Trinajstić information content (AvgIpc) is 3.58. The first-order chi connectivity index (χ1) is 18.2. The largest absolute Gasteiger partial charge is 0.497 e. The lowest BCUT2D eigenvalue weighted by atomic mass is 10.1. The molecule has 0 aliphatic rings. The quantitative estimate of drug-likeness (QED) is 0.275. The van der Waals surface area contributed by atoms with Crippen LogP contribution in [0.4, 0.5) is 0 Å². The predicted octanol–water partition coefficient (Wildman–Crippen LogP) is 4.73. The highest BCUT2D eigenvalue weighted by molar-refractivity contribution is 5.91. The lowest BCUT2D eigenvalue weighted by molar-refractivity contribution is 0.0945. The van der Waals surface area contributed by atoms with Gasteiger partial charge in [0, 0.05) is 49.1 Å². The number of amides is 1. The third kappa shape index (κ3) is 6.23. The van der Waals surface area contributed by atoms with Crippen LogP contribution in [0, 0.1) is 0 Å². The zero-order chi connectivity index (χ0) is 25.5. The standard InChI is InChI=1S/C29H29N5O3/c1-36-24-8-6-22(7-9-24)18-34(15-12-23-17-31-26-5-3-2-4-25(23)26)19-28-33-27(20-37-28)29(35)32-16-21-10-13-30-14-11-21/h2-11,13-14,17,20,31H,12,15-16,18-19H2,1H3,(H,32,35). The number of rotatable bonds is 11. The Morgan fingerprint density at radius 3 is 2.65 bits per heavy atom. The summed E-state index contributed by atoms with van der Waals surface area (Å²) in [4.78, 5) is 26.7. The summed E-state index contributed by atoms with van der Waals surface area (Å²) in [5, 5.41) is 4.11. The highest BCUT2D eigenvalue weighted by Crippen LogP contribution is 2.20.